The number of hydrogen-bond donors (Lipinski definition) is 3. The predicted molar refractivity (Wildman–Crippen MR) is 111 cm³/mol. The Labute approximate surface area is 174 Å². The van der Waals surface area contributed by atoms with Crippen molar-refractivity contribution in [3.05, 3.63) is 64.2 Å². The zero-order valence-electron chi connectivity index (χ0n) is 15.8. The molecule has 1 aliphatic heterocycles. The van der Waals surface area contributed by atoms with E-state index in [0.29, 0.717) is 23.6 Å². The van der Waals surface area contributed by atoms with Crippen LogP contribution in [0.25, 0.3) is 0 Å². The number of aliphatic hydroxyl groups is 3. The Morgan fingerprint density at radius 2 is 1.75 bits per heavy atom. The van der Waals surface area contributed by atoms with Gasteiger partial charge in [0.15, 0.2) is 0 Å². The molecule has 0 aliphatic carbocycles. The van der Waals surface area contributed by atoms with Crippen molar-refractivity contribution in [2.45, 2.75) is 43.2 Å². The van der Waals surface area contributed by atoms with Gasteiger partial charge in [0, 0.05) is 5.02 Å². The third-order valence-electron chi connectivity index (χ3n) is 4.83. The molecule has 3 rings (SSSR count). The number of halogens is 1. The molecular weight excluding hydrogens is 400 g/mol. The average molecular weight is 425 g/mol. The predicted octanol–water partition coefficient (Wildman–Crippen LogP) is 3.17. The second-order valence-corrected chi connectivity index (χ2v) is 8.08. The lowest BCUT2D eigenvalue weighted by Gasteiger charge is -2.40. The molecule has 0 radical (unpaired) electrons. The van der Waals surface area contributed by atoms with Crippen molar-refractivity contribution in [2.75, 3.05) is 12.9 Å². The Morgan fingerprint density at radius 3 is 2.39 bits per heavy atom. The molecular formula is C21H25ClO5S. The van der Waals surface area contributed by atoms with Gasteiger partial charge in [-0.25, -0.2) is 0 Å². The molecule has 1 fully saturated rings. The fourth-order valence-corrected chi connectivity index (χ4v) is 4.17. The van der Waals surface area contributed by atoms with Crippen LogP contribution in [0, 0.1) is 0 Å². The lowest BCUT2D eigenvalue weighted by molar-refractivity contribution is -0.200. The molecule has 28 heavy (non-hydrogen) atoms. The van der Waals surface area contributed by atoms with Gasteiger partial charge in [0.1, 0.15) is 35.6 Å². The highest BCUT2D eigenvalue weighted by molar-refractivity contribution is 7.99. The lowest BCUT2D eigenvalue weighted by Crippen LogP contribution is -2.52. The Kier molecular flexibility index (Phi) is 7.25. The van der Waals surface area contributed by atoms with Crippen molar-refractivity contribution in [2.24, 2.45) is 0 Å². The van der Waals surface area contributed by atoms with Crippen LogP contribution in [0.1, 0.15) is 29.7 Å². The highest BCUT2D eigenvalue weighted by Crippen LogP contribution is 2.37. The van der Waals surface area contributed by atoms with E-state index in [9.17, 15) is 15.3 Å². The van der Waals surface area contributed by atoms with E-state index in [2.05, 4.69) is 0 Å². The summed E-state index contributed by atoms with van der Waals surface area (Å²) in [5.41, 5.74) is 2.06. The van der Waals surface area contributed by atoms with Crippen LogP contribution in [0.5, 0.6) is 5.75 Å². The molecule has 0 amide bonds. The Bertz CT molecular complexity index is 783. The summed E-state index contributed by atoms with van der Waals surface area (Å²) < 4.78 is 11.3. The lowest BCUT2D eigenvalue weighted by atomic mass is 9.92. The normalized spacial score (nSPS) is 27.6. The average Bonchev–Trinajstić information content (AvgIpc) is 2.70. The third kappa shape index (κ3) is 4.64. The minimum atomic E-state index is -1.28. The van der Waals surface area contributed by atoms with Gasteiger partial charge in [0.05, 0.1) is 6.61 Å². The minimum Gasteiger partial charge on any atom is -0.494 e. The van der Waals surface area contributed by atoms with E-state index in [1.165, 1.54) is 11.8 Å². The van der Waals surface area contributed by atoms with Crippen LogP contribution in [-0.4, -0.2) is 51.9 Å². The summed E-state index contributed by atoms with van der Waals surface area (Å²) in [6.45, 7) is 2.56. The molecule has 5 atom stereocenters. The van der Waals surface area contributed by atoms with Crippen LogP contribution < -0.4 is 4.74 Å². The van der Waals surface area contributed by atoms with E-state index in [0.717, 1.165) is 16.9 Å². The van der Waals surface area contributed by atoms with Crippen molar-refractivity contribution >= 4 is 23.4 Å². The zero-order valence-corrected chi connectivity index (χ0v) is 17.4. The van der Waals surface area contributed by atoms with Crippen molar-refractivity contribution < 1.29 is 24.8 Å². The standard InChI is InChI=1S/C21H25ClO5S/c1-3-26-15-7-4-12(5-8-15)10-14-11-13(6-9-16(14)22)20-18(24)17(23)19(25)21(27-20)28-2/h4-9,11,17-21,23-25H,3,10H2,1-2H3/t17-,18+,19+,20-,21+/m0/s1. The summed E-state index contributed by atoms with van der Waals surface area (Å²) in [6, 6.07) is 13.3. The molecule has 1 aliphatic rings. The monoisotopic (exact) mass is 424 g/mol. The topological polar surface area (TPSA) is 79.2 Å². The van der Waals surface area contributed by atoms with Gasteiger partial charge in [0.2, 0.25) is 0 Å². The van der Waals surface area contributed by atoms with Gasteiger partial charge < -0.3 is 24.8 Å². The molecule has 3 N–H and O–H groups in total. The summed E-state index contributed by atoms with van der Waals surface area (Å²) in [7, 11) is 0. The quantitative estimate of drug-likeness (QED) is 0.661. The Hall–Kier alpha value is -1.28. The van der Waals surface area contributed by atoms with Gasteiger partial charge in [-0.2, -0.15) is 0 Å². The molecule has 152 valence electrons. The molecule has 1 heterocycles. The molecule has 2 aromatic carbocycles. The van der Waals surface area contributed by atoms with E-state index in [4.69, 9.17) is 21.1 Å². The number of benzene rings is 2. The van der Waals surface area contributed by atoms with Crippen molar-refractivity contribution in [3.63, 3.8) is 0 Å². The second kappa shape index (κ2) is 9.48. The van der Waals surface area contributed by atoms with E-state index < -0.39 is 29.9 Å². The molecule has 0 unspecified atom stereocenters. The molecule has 0 saturated carbocycles. The maximum Gasteiger partial charge on any atom is 0.132 e. The SMILES string of the molecule is CCOc1ccc(Cc2cc([C@@H]3O[C@H](SC)[C@H](O)[C@@H](O)[C@H]3O)ccc2Cl)cc1. The number of aliphatic hydroxyl groups excluding tert-OH is 3. The molecule has 5 nitrogen and oxygen atoms in total. The molecule has 0 aromatic heterocycles. The first-order valence-electron chi connectivity index (χ1n) is 9.17. The number of hydrogen-bond acceptors (Lipinski definition) is 6. The van der Waals surface area contributed by atoms with Crippen LogP contribution in [0.2, 0.25) is 5.02 Å². The molecule has 7 heteroatoms. The summed E-state index contributed by atoms with van der Waals surface area (Å²) in [4.78, 5) is 0. The first kappa shape index (κ1) is 21.4. The van der Waals surface area contributed by atoms with E-state index in [-0.39, 0.29) is 0 Å². The van der Waals surface area contributed by atoms with Crippen LogP contribution in [0.15, 0.2) is 42.5 Å². The Morgan fingerprint density at radius 1 is 1.04 bits per heavy atom. The smallest absolute Gasteiger partial charge is 0.132 e. The number of thioether (sulfide) groups is 1. The largest absolute Gasteiger partial charge is 0.494 e. The summed E-state index contributed by atoms with van der Waals surface area (Å²) in [5, 5.41) is 31.2. The molecule has 0 spiro atoms. The Balaban J connectivity index is 1.82. The summed E-state index contributed by atoms with van der Waals surface area (Å²) >= 11 is 7.68. The van der Waals surface area contributed by atoms with E-state index >= 15 is 0 Å². The van der Waals surface area contributed by atoms with Crippen LogP contribution in [0.4, 0.5) is 0 Å². The van der Waals surface area contributed by atoms with Crippen molar-refractivity contribution in [3.8, 4) is 5.75 Å². The second-order valence-electron chi connectivity index (χ2n) is 6.74. The van der Waals surface area contributed by atoms with Gasteiger partial charge in [-0.1, -0.05) is 35.9 Å². The van der Waals surface area contributed by atoms with E-state index in [1.807, 2.05) is 37.3 Å². The van der Waals surface area contributed by atoms with Gasteiger partial charge in [0.25, 0.3) is 0 Å². The minimum absolute atomic E-state index is 0.610. The highest BCUT2D eigenvalue weighted by atomic mass is 35.5. The van der Waals surface area contributed by atoms with Gasteiger partial charge in [-0.05, 0) is 54.5 Å². The third-order valence-corrected chi connectivity index (χ3v) is 6.05. The summed E-state index contributed by atoms with van der Waals surface area (Å²) in [5.74, 6) is 0.820. The molecule has 2 aromatic rings. The fourth-order valence-electron chi connectivity index (χ4n) is 3.32. The van der Waals surface area contributed by atoms with Crippen LogP contribution in [-0.2, 0) is 11.2 Å². The fraction of sp³-hybridized carbons (Fsp3) is 0.429. The van der Waals surface area contributed by atoms with Crippen LogP contribution >= 0.6 is 23.4 Å². The maximum absolute atomic E-state index is 10.4. The van der Waals surface area contributed by atoms with Crippen molar-refractivity contribution in [1.82, 2.24) is 0 Å². The first-order valence-corrected chi connectivity index (χ1v) is 10.8. The highest BCUT2D eigenvalue weighted by Gasteiger charge is 2.44. The first-order chi connectivity index (χ1) is 13.4. The van der Waals surface area contributed by atoms with Crippen molar-refractivity contribution in [1.29, 1.82) is 0 Å². The van der Waals surface area contributed by atoms with Gasteiger partial charge in [-0.3, -0.25) is 0 Å². The van der Waals surface area contributed by atoms with Gasteiger partial charge >= 0.3 is 0 Å². The molecule has 0 bridgehead atoms. The van der Waals surface area contributed by atoms with E-state index in [1.54, 1.807) is 18.4 Å². The zero-order chi connectivity index (χ0) is 20.3. The maximum atomic E-state index is 10.4. The van der Waals surface area contributed by atoms with Crippen LogP contribution in [0.3, 0.4) is 0 Å². The number of ether oxygens (including phenoxy) is 2. The van der Waals surface area contributed by atoms with Gasteiger partial charge in [-0.15, -0.1) is 11.8 Å². The summed E-state index contributed by atoms with van der Waals surface area (Å²) in [6.07, 6.45) is -1.99. The number of rotatable bonds is 6. The molecule has 1 saturated heterocycles.